The van der Waals surface area contributed by atoms with Crippen molar-refractivity contribution in [3.05, 3.63) is 24.8 Å². The quantitative estimate of drug-likeness (QED) is 0.208. The molecule has 0 radical (unpaired) electrons. The number of esters is 2. The van der Waals surface area contributed by atoms with E-state index >= 15 is 0 Å². The predicted molar refractivity (Wildman–Crippen MR) is 181 cm³/mol. The lowest BCUT2D eigenvalue weighted by molar-refractivity contribution is -0.275. The van der Waals surface area contributed by atoms with Crippen molar-refractivity contribution < 1.29 is 19.1 Å². The summed E-state index contributed by atoms with van der Waals surface area (Å²) in [6, 6.07) is 0. The molecule has 0 spiro atoms. The van der Waals surface area contributed by atoms with Crippen molar-refractivity contribution in [1.82, 2.24) is 0 Å². The third kappa shape index (κ3) is 4.41. The number of hydrogen-bond donors (Lipinski definition) is 0. The van der Waals surface area contributed by atoms with Crippen molar-refractivity contribution in [2.24, 2.45) is 75.9 Å². The maximum Gasteiger partial charge on any atom is 0.333 e. The molecule has 5 unspecified atom stereocenters. The Morgan fingerprint density at radius 2 is 1.30 bits per heavy atom. The highest BCUT2D eigenvalue weighted by molar-refractivity contribution is 5.87. The average molecular weight is 631 g/mol. The first-order chi connectivity index (χ1) is 21.9. The lowest BCUT2D eigenvalue weighted by Crippen LogP contribution is -2.69. The smallest absolute Gasteiger partial charge is 0.333 e. The third-order valence-electron chi connectivity index (χ3n) is 17.2. The minimum Gasteiger partial charge on any atom is -0.455 e. The molecular formula is C42H62O4. The Balaban J connectivity index is 1.07. The second kappa shape index (κ2) is 11.0. The van der Waals surface area contributed by atoms with Crippen LogP contribution in [0.1, 0.15) is 137 Å². The van der Waals surface area contributed by atoms with Crippen molar-refractivity contribution in [2.75, 3.05) is 0 Å². The van der Waals surface area contributed by atoms with Crippen LogP contribution >= 0.6 is 0 Å². The van der Waals surface area contributed by atoms with Crippen LogP contribution in [0, 0.1) is 75.9 Å². The van der Waals surface area contributed by atoms with Gasteiger partial charge >= 0.3 is 11.9 Å². The van der Waals surface area contributed by atoms with E-state index in [2.05, 4.69) is 33.9 Å². The molecule has 4 heteroatoms. The standard InChI is InChI=1S/C42H62O4/c1-7-37(43)45-42(36-10-8-9-26(4)27(36)5)34-20-30-21-35(42)24-40(22-30,23-34)39(6)13-11-31(12-14-39)41(46-38(44)25(2)3)32-16-28-15-29(18-32)19-33(41)17-28/h7,26-36H,1-2,8-24H2,3-6H3. The van der Waals surface area contributed by atoms with Crippen molar-refractivity contribution in [3.63, 3.8) is 0 Å². The lowest BCUT2D eigenvalue weighted by Gasteiger charge is -2.71. The molecule has 10 aliphatic carbocycles. The fourth-order valence-electron chi connectivity index (χ4n) is 15.3. The summed E-state index contributed by atoms with van der Waals surface area (Å²) in [4.78, 5) is 26.5. The van der Waals surface area contributed by atoms with Gasteiger partial charge in [-0.25, -0.2) is 9.59 Å². The van der Waals surface area contributed by atoms with Crippen LogP contribution in [-0.2, 0) is 19.1 Å². The molecule has 10 aliphatic rings. The van der Waals surface area contributed by atoms with Gasteiger partial charge in [-0.05, 0) is 161 Å². The van der Waals surface area contributed by atoms with Gasteiger partial charge in [-0.3, -0.25) is 0 Å². The first-order valence-corrected chi connectivity index (χ1v) is 19.7. The molecule has 8 bridgehead atoms. The second-order valence-electron chi connectivity index (χ2n) is 19.1. The number of carbonyl (C=O) groups is 2. The number of carbonyl (C=O) groups excluding carboxylic acids is 2. The van der Waals surface area contributed by atoms with Crippen molar-refractivity contribution in [3.8, 4) is 0 Å². The van der Waals surface area contributed by atoms with Gasteiger partial charge < -0.3 is 9.47 Å². The molecule has 4 nitrogen and oxygen atoms in total. The van der Waals surface area contributed by atoms with Gasteiger partial charge in [0.1, 0.15) is 11.2 Å². The van der Waals surface area contributed by atoms with Gasteiger partial charge in [0.05, 0.1) is 0 Å². The van der Waals surface area contributed by atoms with E-state index in [0.29, 0.717) is 63.7 Å². The molecule has 0 aromatic rings. The van der Waals surface area contributed by atoms with Crippen LogP contribution in [0.5, 0.6) is 0 Å². The highest BCUT2D eigenvalue weighted by atomic mass is 16.6. The van der Waals surface area contributed by atoms with Gasteiger partial charge in [0.15, 0.2) is 0 Å². The van der Waals surface area contributed by atoms with Gasteiger partial charge in [-0.1, -0.05) is 46.8 Å². The minimum absolute atomic E-state index is 0.140. The molecular weight excluding hydrogens is 568 g/mol. The Bertz CT molecular complexity index is 1220. The van der Waals surface area contributed by atoms with Crippen LogP contribution in [0.2, 0.25) is 0 Å². The molecule has 10 rings (SSSR count). The van der Waals surface area contributed by atoms with Crippen LogP contribution in [0.25, 0.3) is 0 Å². The first-order valence-electron chi connectivity index (χ1n) is 19.7. The molecule has 46 heavy (non-hydrogen) atoms. The fraction of sp³-hybridized carbons (Fsp3) is 0.857. The predicted octanol–water partition coefficient (Wildman–Crippen LogP) is 9.86. The summed E-state index contributed by atoms with van der Waals surface area (Å²) in [6.45, 7) is 17.2. The topological polar surface area (TPSA) is 52.6 Å². The van der Waals surface area contributed by atoms with E-state index in [9.17, 15) is 9.59 Å². The average Bonchev–Trinajstić information content (AvgIpc) is 3.02. The highest BCUT2D eigenvalue weighted by Gasteiger charge is 2.71. The summed E-state index contributed by atoms with van der Waals surface area (Å²) in [6.07, 6.45) is 22.9. The lowest BCUT2D eigenvalue weighted by atomic mass is 9.35. The van der Waals surface area contributed by atoms with Crippen LogP contribution < -0.4 is 0 Å². The Morgan fingerprint density at radius 1 is 0.717 bits per heavy atom. The maximum atomic E-state index is 13.3. The zero-order chi connectivity index (χ0) is 32.2. The molecule has 0 aliphatic heterocycles. The van der Waals surface area contributed by atoms with Gasteiger partial charge in [0.25, 0.3) is 0 Å². The zero-order valence-corrected chi connectivity index (χ0v) is 29.5. The van der Waals surface area contributed by atoms with Crippen molar-refractivity contribution in [1.29, 1.82) is 0 Å². The summed E-state index contributed by atoms with van der Waals surface area (Å²) in [7, 11) is 0. The highest BCUT2D eigenvalue weighted by Crippen LogP contribution is 2.74. The first kappa shape index (κ1) is 31.7. The molecule has 0 N–H and O–H groups in total. The fourth-order valence-corrected chi connectivity index (χ4v) is 15.3. The molecule has 10 saturated carbocycles. The summed E-state index contributed by atoms with van der Waals surface area (Å²) in [5.74, 6) is 6.40. The molecule has 0 aromatic carbocycles. The van der Waals surface area contributed by atoms with E-state index in [1.165, 1.54) is 115 Å². The van der Waals surface area contributed by atoms with Gasteiger partial charge in [-0.2, -0.15) is 0 Å². The van der Waals surface area contributed by atoms with Crippen LogP contribution in [0.15, 0.2) is 24.8 Å². The van der Waals surface area contributed by atoms with Crippen LogP contribution in [0.4, 0.5) is 0 Å². The van der Waals surface area contributed by atoms with E-state index in [-0.39, 0.29) is 23.1 Å². The molecule has 10 fully saturated rings. The van der Waals surface area contributed by atoms with Gasteiger partial charge in [-0.15, -0.1) is 0 Å². The van der Waals surface area contributed by atoms with E-state index in [1.807, 2.05) is 6.92 Å². The van der Waals surface area contributed by atoms with Crippen molar-refractivity contribution >= 4 is 11.9 Å². The molecule has 0 aromatic heterocycles. The summed E-state index contributed by atoms with van der Waals surface area (Å²) in [5.41, 5.74) is 0.616. The van der Waals surface area contributed by atoms with E-state index in [1.54, 1.807) is 0 Å². The zero-order valence-electron chi connectivity index (χ0n) is 29.5. The second-order valence-corrected chi connectivity index (χ2v) is 19.1. The van der Waals surface area contributed by atoms with Crippen LogP contribution in [0.3, 0.4) is 0 Å². The van der Waals surface area contributed by atoms with Gasteiger partial charge in [0, 0.05) is 29.4 Å². The van der Waals surface area contributed by atoms with E-state index in [4.69, 9.17) is 9.47 Å². The van der Waals surface area contributed by atoms with Crippen LogP contribution in [-0.4, -0.2) is 23.1 Å². The minimum atomic E-state index is -0.311. The van der Waals surface area contributed by atoms with Gasteiger partial charge in [0.2, 0.25) is 0 Å². The molecule has 5 atom stereocenters. The Hall–Kier alpha value is -1.58. The molecule has 254 valence electrons. The number of rotatable bonds is 7. The third-order valence-corrected chi connectivity index (χ3v) is 17.2. The maximum absolute atomic E-state index is 13.3. The normalized spacial score (nSPS) is 53.5. The Labute approximate surface area is 279 Å². The SMILES string of the molecule is C=CC(=O)OC1(C2CCCC(C)C2C)C2CC3CC1CC(C1(C)CCC(C4(OC(=O)C(=C)C)C5CC6CC(C5)CC4C6)CC1)(C3)C2. The molecule has 0 saturated heterocycles. The number of hydrogen-bond acceptors (Lipinski definition) is 4. The Kier molecular flexibility index (Phi) is 7.55. The summed E-state index contributed by atoms with van der Waals surface area (Å²) < 4.78 is 13.6. The van der Waals surface area contributed by atoms with Crippen molar-refractivity contribution in [2.45, 2.75) is 148 Å². The van der Waals surface area contributed by atoms with E-state index in [0.717, 1.165) is 17.8 Å². The molecule has 0 amide bonds. The summed E-state index contributed by atoms with van der Waals surface area (Å²) in [5, 5.41) is 0. The molecule has 0 heterocycles. The Morgan fingerprint density at radius 3 is 1.87 bits per heavy atom. The largest absolute Gasteiger partial charge is 0.455 e. The monoisotopic (exact) mass is 630 g/mol. The van der Waals surface area contributed by atoms with E-state index < -0.39 is 0 Å². The number of ether oxygens (including phenoxy) is 2. The summed E-state index contributed by atoms with van der Waals surface area (Å²) >= 11 is 0.